The Morgan fingerprint density at radius 2 is 2.04 bits per heavy atom. The standard InChI is InChI=1S/C19H23N5O3S/c1-13-19(14(2)27-23-13)28(25,26)21-11-12-24-17-9-4-3-7-15(17)18(22-24)16-8-5-6-10-20-16/h5-6,8,10,21H,3-4,7,9,11-12H2,1-2H3. The summed E-state index contributed by atoms with van der Waals surface area (Å²) < 4.78 is 34.7. The van der Waals surface area contributed by atoms with E-state index in [2.05, 4.69) is 14.9 Å². The van der Waals surface area contributed by atoms with E-state index in [4.69, 9.17) is 9.62 Å². The van der Waals surface area contributed by atoms with Crippen LogP contribution in [0.25, 0.3) is 11.4 Å². The number of aryl methyl sites for hydroxylation is 2. The predicted molar refractivity (Wildman–Crippen MR) is 103 cm³/mol. The van der Waals surface area contributed by atoms with Crippen molar-refractivity contribution < 1.29 is 12.9 Å². The molecule has 0 aromatic carbocycles. The summed E-state index contributed by atoms with van der Waals surface area (Å²) in [4.78, 5) is 4.55. The highest BCUT2D eigenvalue weighted by Crippen LogP contribution is 2.30. The second-order valence-corrected chi connectivity index (χ2v) is 8.67. The Labute approximate surface area is 164 Å². The normalized spacial score (nSPS) is 14.2. The maximum Gasteiger partial charge on any atom is 0.246 e. The third-order valence-electron chi connectivity index (χ3n) is 5.02. The number of nitrogens with one attached hydrogen (secondary N) is 1. The van der Waals surface area contributed by atoms with Crippen molar-refractivity contribution >= 4 is 10.0 Å². The van der Waals surface area contributed by atoms with Gasteiger partial charge < -0.3 is 4.52 Å². The van der Waals surface area contributed by atoms with Crippen LogP contribution in [0.5, 0.6) is 0 Å². The summed E-state index contributed by atoms with van der Waals surface area (Å²) in [5.74, 6) is 0.291. The lowest BCUT2D eigenvalue weighted by molar-refractivity contribution is 0.390. The van der Waals surface area contributed by atoms with E-state index >= 15 is 0 Å². The van der Waals surface area contributed by atoms with Gasteiger partial charge in [-0.15, -0.1) is 0 Å². The summed E-state index contributed by atoms with van der Waals surface area (Å²) in [5.41, 5.74) is 4.54. The second-order valence-electron chi connectivity index (χ2n) is 6.97. The quantitative estimate of drug-likeness (QED) is 0.680. The predicted octanol–water partition coefficient (Wildman–Crippen LogP) is 2.41. The van der Waals surface area contributed by atoms with Gasteiger partial charge in [0.1, 0.15) is 16.3 Å². The van der Waals surface area contributed by atoms with Gasteiger partial charge in [-0.3, -0.25) is 9.67 Å². The second kappa shape index (κ2) is 7.48. The highest BCUT2D eigenvalue weighted by atomic mass is 32.2. The molecule has 0 saturated carbocycles. The number of fused-ring (bicyclic) bond motifs is 1. The van der Waals surface area contributed by atoms with Crippen molar-refractivity contribution in [2.75, 3.05) is 6.54 Å². The molecular weight excluding hydrogens is 378 g/mol. The van der Waals surface area contributed by atoms with Gasteiger partial charge in [-0.25, -0.2) is 13.1 Å². The van der Waals surface area contributed by atoms with E-state index in [1.807, 2.05) is 22.9 Å². The molecule has 1 aliphatic rings. The van der Waals surface area contributed by atoms with Crippen LogP contribution < -0.4 is 4.72 Å². The van der Waals surface area contributed by atoms with E-state index in [0.29, 0.717) is 18.0 Å². The molecule has 0 spiro atoms. The number of rotatable bonds is 6. The van der Waals surface area contributed by atoms with Gasteiger partial charge in [-0.1, -0.05) is 11.2 Å². The van der Waals surface area contributed by atoms with Crippen molar-refractivity contribution in [3.05, 3.63) is 47.1 Å². The molecule has 3 aromatic heterocycles. The molecule has 9 heteroatoms. The molecule has 0 fully saturated rings. The lowest BCUT2D eigenvalue weighted by Gasteiger charge is -2.14. The molecule has 148 valence electrons. The van der Waals surface area contributed by atoms with E-state index in [1.54, 1.807) is 20.0 Å². The summed E-state index contributed by atoms with van der Waals surface area (Å²) in [5, 5.41) is 8.49. The van der Waals surface area contributed by atoms with E-state index < -0.39 is 10.0 Å². The fourth-order valence-corrected chi connectivity index (χ4v) is 5.13. The lowest BCUT2D eigenvalue weighted by atomic mass is 9.95. The van der Waals surface area contributed by atoms with Crippen LogP contribution in [0.1, 0.15) is 35.6 Å². The zero-order valence-electron chi connectivity index (χ0n) is 16.0. The van der Waals surface area contributed by atoms with Gasteiger partial charge in [-0.05, 0) is 51.7 Å². The summed E-state index contributed by atoms with van der Waals surface area (Å²) in [7, 11) is -3.67. The summed E-state index contributed by atoms with van der Waals surface area (Å²) in [6, 6.07) is 5.80. The Balaban J connectivity index is 1.55. The van der Waals surface area contributed by atoms with Crippen LogP contribution in [0.4, 0.5) is 0 Å². The first kappa shape index (κ1) is 18.8. The SMILES string of the molecule is Cc1noc(C)c1S(=O)(=O)NCCn1nc(-c2ccccn2)c2c1CCCC2. The molecule has 0 atom stereocenters. The Morgan fingerprint density at radius 1 is 1.21 bits per heavy atom. The van der Waals surface area contributed by atoms with Crippen LogP contribution >= 0.6 is 0 Å². The molecule has 0 saturated heterocycles. The molecule has 28 heavy (non-hydrogen) atoms. The van der Waals surface area contributed by atoms with Crippen molar-refractivity contribution in [3.63, 3.8) is 0 Å². The number of pyridine rings is 1. The fraction of sp³-hybridized carbons (Fsp3) is 0.421. The molecule has 0 aliphatic heterocycles. The molecular formula is C19H23N5O3S. The van der Waals surface area contributed by atoms with E-state index in [0.717, 1.165) is 37.1 Å². The van der Waals surface area contributed by atoms with Crippen molar-refractivity contribution in [3.8, 4) is 11.4 Å². The van der Waals surface area contributed by atoms with Gasteiger partial charge in [0.05, 0.1) is 12.2 Å². The van der Waals surface area contributed by atoms with E-state index in [-0.39, 0.29) is 11.4 Å². The van der Waals surface area contributed by atoms with Gasteiger partial charge >= 0.3 is 0 Å². The van der Waals surface area contributed by atoms with Crippen molar-refractivity contribution in [2.45, 2.75) is 51.0 Å². The highest BCUT2D eigenvalue weighted by molar-refractivity contribution is 7.89. The summed E-state index contributed by atoms with van der Waals surface area (Å²) in [6.07, 6.45) is 5.95. The Bertz CT molecular complexity index is 1070. The average molecular weight is 401 g/mol. The monoisotopic (exact) mass is 401 g/mol. The van der Waals surface area contributed by atoms with Crippen LogP contribution in [0, 0.1) is 13.8 Å². The van der Waals surface area contributed by atoms with Crippen LogP contribution in [0.3, 0.4) is 0 Å². The van der Waals surface area contributed by atoms with E-state index in [9.17, 15) is 8.42 Å². The summed E-state index contributed by atoms with van der Waals surface area (Å²) in [6.45, 7) is 3.91. The minimum atomic E-state index is -3.67. The Morgan fingerprint density at radius 3 is 2.75 bits per heavy atom. The molecule has 1 aliphatic carbocycles. The maximum absolute atomic E-state index is 12.6. The Kier molecular flexibility index (Phi) is 5.03. The number of sulfonamides is 1. The molecule has 3 aromatic rings. The third kappa shape index (κ3) is 3.47. The minimum absolute atomic E-state index is 0.115. The molecule has 0 unspecified atom stereocenters. The third-order valence-corrected chi connectivity index (χ3v) is 6.72. The number of hydrogen-bond acceptors (Lipinski definition) is 6. The molecule has 0 bridgehead atoms. The van der Waals surface area contributed by atoms with Crippen LogP contribution in [0.15, 0.2) is 33.8 Å². The molecule has 8 nitrogen and oxygen atoms in total. The highest BCUT2D eigenvalue weighted by Gasteiger charge is 2.25. The van der Waals surface area contributed by atoms with Crippen LogP contribution in [-0.2, 0) is 29.4 Å². The molecule has 0 amide bonds. The number of hydrogen-bond donors (Lipinski definition) is 1. The van der Waals surface area contributed by atoms with Gasteiger partial charge in [0.25, 0.3) is 0 Å². The van der Waals surface area contributed by atoms with Crippen molar-refractivity contribution in [1.29, 1.82) is 0 Å². The average Bonchev–Trinajstić information content (AvgIpc) is 3.23. The Hall–Kier alpha value is -2.52. The smallest absolute Gasteiger partial charge is 0.246 e. The first-order valence-electron chi connectivity index (χ1n) is 9.40. The van der Waals surface area contributed by atoms with Crippen LogP contribution in [0.2, 0.25) is 0 Å². The van der Waals surface area contributed by atoms with E-state index in [1.165, 1.54) is 11.3 Å². The number of nitrogens with zero attached hydrogens (tertiary/aromatic N) is 4. The maximum atomic E-state index is 12.6. The van der Waals surface area contributed by atoms with Gasteiger partial charge in [-0.2, -0.15) is 5.10 Å². The van der Waals surface area contributed by atoms with Crippen LogP contribution in [-0.4, -0.2) is 34.9 Å². The number of aromatic nitrogens is 4. The first-order chi connectivity index (χ1) is 13.5. The largest absolute Gasteiger partial charge is 0.360 e. The molecule has 0 radical (unpaired) electrons. The zero-order chi connectivity index (χ0) is 19.7. The zero-order valence-corrected chi connectivity index (χ0v) is 16.8. The summed E-state index contributed by atoms with van der Waals surface area (Å²) >= 11 is 0. The lowest BCUT2D eigenvalue weighted by Crippen LogP contribution is -2.29. The molecule has 1 N–H and O–H groups in total. The fourth-order valence-electron chi connectivity index (χ4n) is 3.78. The molecule has 3 heterocycles. The molecule has 4 rings (SSSR count). The first-order valence-corrected chi connectivity index (χ1v) is 10.9. The van der Waals surface area contributed by atoms with Crippen molar-refractivity contribution in [2.24, 2.45) is 0 Å². The topological polar surface area (TPSA) is 103 Å². The van der Waals surface area contributed by atoms with Crippen molar-refractivity contribution in [1.82, 2.24) is 24.6 Å². The van der Waals surface area contributed by atoms with Gasteiger partial charge in [0.2, 0.25) is 10.0 Å². The van der Waals surface area contributed by atoms with Gasteiger partial charge in [0.15, 0.2) is 5.76 Å². The minimum Gasteiger partial charge on any atom is -0.360 e. The van der Waals surface area contributed by atoms with Gasteiger partial charge in [0, 0.05) is 24.0 Å².